The van der Waals surface area contributed by atoms with E-state index < -0.39 is 0 Å². The Hall–Kier alpha value is -5.44. The van der Waals surface area contributed by atoms with Crippen LogP contribution in [0.4, 0.5) is 0 Å². The Bertz CT molecular complexity index is 2080. The molecule has 2 aromatic heterocycles. The van der Waals surface area contributed by atoms with E-state index in [-0.39, 0.29) is 40.1 Å². The first-order valence-electron chi connectivity index (χ1n) is 14.3. The number of aliphatic hydroxyl groups excluding tert-OH is 1. The van der Waals surface area contributed by atoms with Gasteiger partial charge in [-0.1, -0.05) is 69.1 Å². The van der Waals surface area contributed by atoms with Crippen LogP contribution < -0.4 is 0 Å². The number of ketones is 1. The van der Waals surface area contributed by atoms with Gasteiger partial charge in [0.25, 0.3) is 0 Å². The maximum absolute atomic E-state index is 10.0. The zero-order chi connectivity index (χ0) is 31.2. The normalized spacial score (nSPS) is 10.7. The predicted octanol–water partition coefficient (Wildman–Crippen LogP) is 6.33. The van der Waals surface area contributed by atoms with E-state index in [2.05, 4.69) is 56.8 Å². The molecule has 10 heteroatoms. The second-order valence-electron chi connectivity index (χ2n) is 10.2. The summed E-state index contributed by atoms with van der Waals surface area (Å²) in [6, 6.07) is 46.4. The van der Waals surface area contributed by atoms with E-state index in [1.165, 1.54) is 19.9 Å². The molecule has 0 atom stereocenters. The molecule has 8 nitrogen and oxygen atoms in total. The minimum absolute atomic E-state index is 0. The van der Waals surface area contributed by atoms with Crippen molar-refractivity contribution in [3.05, 3.63) is 145 Å². The van der Waals surface area contributed by atoms with Crippen LogP contribution in [0.2, 0.25) is 0 Å². The molecule has 47 heavy (non-hydrogen) atoms. The van der Waals surface area contributed by atoms with Gasteiger partial charge in [0.15, 0.2) is 5.78 Å². The largest absolute Gasteiger partial charge is 0.512 e. The van der Waals surface area contributed by atoms with Crippen LogP contribution in [0.25, 0.3) is 55.0 Å². The molecule has 0 saturated carbocycles. The summed E-state index contributed by atoms with van der Waals surface area (Å²) < 4.78 is 0. The smallest absolute Gasteiger partial charge is 0.155 e. The van der Waals surface area contributed by atoms with Crippen molar-refractivity contribution >= 4 is 57.8 Å². The molecule has 0 unspecified atom stereocenters. The zero-order valence-electron chi connectivity index (χ0n) is 25.0. The fraction of sp³-hybridized carbons (Fsp3) is 0.0541. The summed E-state index contributed by atoms with van der Waals surface area (Å²) in [6.07, 6.45) is 1.17. The van der Waals surface area contributed by atoms with Crippen molar-refractivity contribution in [2.45, 2.75) is 13.8 Å². The number of aliphatic hydroxyl groups is 1. The van der Waals surface area contributed by atoms with Crippen LogP contribution in [0.3, 0.4) is 0 Å². The summed E-state index contributed by atoms with van der Waals surface area (Å²) in [6.45, 7) is 2.85. The van der Waals surface area contributed by atoms with Gasteiger partial charge in [0.05, 0.1) is 5.76 Å². The van der Waals surface area contributed by atoms with Crippen molar-refractivity contribution in [1.29, 1.82) is 0 Å². The predicted molar refractivity (Wildman–Crippen MR) is 189 cm³/mol. The molecule has 1 radical (unpaired) electrons. The van der Waals surface area contributed by atoms with Gasteiger partial charge in [-0.15, -0.1) is 33.7 Å². The molecule has 0 spiro atoms. The molecule has 0 fully saturated rings. The summed E-state index contributed by atoms with van der Waals surface area (Å²) in [5, 5.41) is 30.9. The van der Waals surface area contributed by atoms with Crippen LogP contribution in [0.1, 0.15) is 13.8 Å². The van der Waals surface area contributed by atoms with Crippen LogP contribution >= 0.6 is 0 Å². The van der Waals surface area contributed by atoms with E-state index in [1.54, 1.807) is 9.59 Å². The average Bonchev–Trinajstić information content (AvgIpc) is 3.69. The Morgan fingerprint density at radius 3 is 1.26 bits per heavy atom. The van der Waals surface area contributed by atoms with Crippen LogP contribution in [0.5, 0.6) is 0 Å². The van der Waals surface area contributed by atoms with E-state index in [0.29, 0.717) is 0 Å². The Balaban J connectivity index is 0.000000172. The molecular formula is C37H32BIrN6O2-3. The maximum atomic E-state index is 10.0. The number of hydrogen-bond donors (Lipinski definition) is 1. The van der Waals surface area contributed by atoms with Gasteiger partial charge in [0, 0.05) is 26.2 Å². The van der Waals surface area contributed by atoms with Crippen molar-refractivity contribution in [2.24, 2.45) is 0 Å². The molecule has 6 aromatic carbocycles. The molecule has 2 heterocycles. The van der Waals surface area contributed by atoms with Crippen molar-refractivity contribution in [1.82, 2.24) is 30.0 Å². The molecule has 0 saturated heterocycles. The van der Waals surface area contributed by atoms with Gasteiger partial charge in [0.1, 0.15) is 22.1 Å². The molecule has 1 N–H and O–H groups in total. The quantitative estimate of drug-likeness (QED) is 0.0973. The van der Waals surface area contributed by atoms with E-state index in [9.17, 15) is 4.79 Å². The Labute approximate surface area is 287 Å². The Kier molecular flexibility index (Phi) is 11.5. The van der Waals surface area contributed by atoms with Gasteiger partial charge < -0.3 is 5.11 Å². The number of nitrogens with zero attached hydrogens (tertiary/aromatic N) is 6. The molecule has 0 amide bonds. The molecule has 0 aliphatic heterocycles. The number of benzene rings is 6. The van der Waals surface area contributed by atoms with Crippen LogP contribution in [-0.4, -0.2) is 49.3 Å². The van der Waals surface area contributed by atoms with Crippen molar-refractivity contribution < 1.29 is 30.0 Å². The van der Waals surface area contributed by atoms with E-state index in [0.717, 1.165) is 55.0 Å². The van der Waals surface area contributed by atoms with Crippen molar-refractivity contribution in [3.63, 3.8) is 0 Å². The molecular weight excluding hydrogens is 763 g/mol. The van der Waals surface area contributed by atoms with E-state index in [1.807, 2.05) is 97.1 Å². The second kappa shape index (κ2) is 15.7. The summed E-state index contributed by atoms with van der Waals surface area (Å²) in [5.41, 5.74) is 5.34. The number of fused-ring (bicyclic) bond motifs is 4. The van der Waals surface area contributed by atoms with Gasteiger partial charge in [0.2, 0.25) is 0 Å². The molecule has 0 bridgehead atoms. The second-order valence-corrected chi connectivity index (χ2v) is 10.2. The summed E-state index contributed by atoms with van der Waals surface area (Å²) in [4.78, 5) is 13.3. The van der Waals surface area contributed by atoms with Crippen molar-refractivity contribution in [3.8, 4) is 11.4 Å². The van der Waals surface area contributed by atoms with Gasteiger partial charge in [-0.2, -0.15) is 66.4 Å². The molecule has 0 aliphatic carbocycles. The van der Waals surface area contributed by atoms with Gasteiger partial charge in [-0.3, -0.25) is 4.79 Å². The Morgan fingerprint density at radius 2 is 0.936 bits per heavy atom. The third kappa shape index (κ3) is 8.05. The fourth-order valence-corrected chi connectivity index (χ4v) is 4.84. The molecule has 8 rings (SSSR count). The van der Waals surface area contributed by atoms with Crippen LogP contribution in [0, 0.1) is 12.1 Å². The average molecular weight is 796 g/mol. The minimum Gasteiger partial charge on any atom is -0.512 e. The van der Waals surface area contributed by atoms with Crippen molar-refractivity contribution in [2.75, 3.05) is 0 Å². The number of aromatic nitrogens is 6. The van der Waals surface area contributed by atoms with Gasteiger partial charge in [-0.25, -0.2) is 0 Å². The summed E-state index contributed by atoms with van der Waals surface area (Å²) in [7, 11) is 0. The maximum Gasteiger partial charge on any atom is 0.155 e. The SMILES string of the molecule is CC(=O)C=C(C)O.[BH4-].[Ir].[c-]1ccc2ccccc2c1-n1nc2ccccc2n1.[c-]1ccc2ccccc2c1-n1nc2ccccc2n1. The summed E-state index contributed by atoms with van der Waals surface area (Å²) in [5.74, 6) is -0.0625. The molecule has 0 aliphatic rings. The van der Waals surface area contributed by atoms with Gasteiger partial charge in [-0.05, 0) is 49.5 Å². The fourth-order valence-electron chi connectivity index (χ4n) is 4.84. The zero-order valence-corrected chi connectivity index (χ0v) is 27.4. The monoisotopic (exact) mass is 796 g/mol. The first kappa shape index (κ1) is 34.4. The standard InChI is InChI=1S/2C16H10N3.C5H8O2.BH4.Ir/c2*1-2-8-13-12(6-1)7-5-11-16(13)19-17-14-9-3-4-10-15(14)18-19;1-4(6)3-5(2)7;;/h2*1-10H;3,6H,1-2H3;1H4;/q2*-1;;-1;. The molecule has 8 aromatic rings. The number of rotatable bonds is 3. The summed E-state index contributed by atoms with van der Waals surface area (Å²) >= 11 is 0. The minimum atomic E-state index is -0.125. The third-order valence-electron chi connectivity index (χ3n) is 6.78. The first-order chi connectivity index (χ1) is 22.0. The van der Waals surface area contributed by atoms with Crippen LogP contribution in [-0.2, 0) is 24.9 Å². The number of carbonyl (C=O) groups is 1. The number of allylic oxidation sites excluding steroid dienone is 2. The Morgan fingerprint density at radius 1 is 0.596 bits per heavy atom. The topological polar surface area (TPSA) is 98.7 Å². The van der Waals surface area contributed by atoms with Crippen LogP contribution in [0.15, 0.2) is 133 Å². The molecule has 237 valence electrons. The van der Waals surface area contributed by atoms with E-state index >= 15 is 0 Å². The third-order valence-corrected chi connectivity index (χ3v) is 6.78. The van der Waals surface area contributed by atoms with E-state index in [4.69, 9.17) is 5.11 Å². The first-order valence-corrected chi connectivity index (χ1v) is 14.3. The number of hydrogen-bond acceptors (Lipinski definition) is 6. The number of carbonyl (C=O) groups excluding carboxylic acids is 1. The van der Waals surface area contributed by atoms with Gasteiger partial charge >= 0.3 is 0 Å².